The van der Waals surface area contributed by atoms with Crippen molar-refractivity contribution in [1.29, 1.82) is 0 Å². The van der Waals surface area contributed by atoms with Crippen LogP contribution in [-0.4, -0.2) is 29.9 Å². The molecule has 0 unspecified atom stereocenters. The number of carbonyl (C=O) groups excluding carboxylic acids is 2. The molecule has 0 aromatic carbocycles. The highest BCUT2D eigenvalue weighted by molar-refractivity contribution is 8.76. The molecule has 0 spiro atoms. The van der Waals surface area contributed by atoms with Crippen molar-refractivity contribution < 1.29 is 14.3 Å². The summed E-state index contributed by atoms with van der Waals surface area (Å²) in [4.78, 5) is 22.7. The molecule has 0 saturated heterocycles. The molecule has 0 aliphatic carbocycles. The number of Topliss-reactive ketones (excluding diaryl/α,β-unsaturated/α-hetero) is 1. The summed E-state index contributed by atoms with van der Waals surface area (Å²) in [5.41, 5.74) is 0. The van der Waals surface area contributed by atoms with E-state index in [1.807, 2.05) is 24.6 Å². The van der Waals surface area contributed by atoms with Crippen molar-refractivity contribution in [1.82, 2.24) is 0 Å². The van der Waals surface area contributed by atoms with Crippen LogP contribution < -0.4 is 0 Å². The average Bonchev–Trinajstić information content (AvgIpc) is 2.34. The lowest BCUT2D eigenvalue weighted by molar-refractivity contribution is -0.144. The minimum atomic E-state index is -0.262. The number of rotatable bonds is 11. The molecule has 0 amide bonds. The third-order valence-electron chi connectivity index (χ3n) is 2.51. The summed E-state index contributed by atoms with van der Waals surface area (Å²) >= 11 is 0. The first-order valence-electron chi connectivity index (χ1n) is 6.86. The Morgan fingerprint density at radius 3 is 2.21 bits per heavy atom. The summed E-state index contributed by atoms with van der Waals surface area (Å²) in [6.45, 7) is 8.56. The van der Waals surface area contributed by atoms with Crippen molar-refractivity contribution in [3.05, 3.63) is 0 Å². The normalized spacial score (nSPS) is 11.1. The molecular weight excluding hydrogens is 280 g/mol. The lowest BCUT2D eigenvalue weighted by Crippen LogP contribution is -2.12. The summed E-state index contributed by atoms with van der Waals surface area (Å²) in [5, 5.41) is 0. The Morgan fingerprint density at radius 2 is 1.63 bits per heavy atom. The molecule has 0 heterocycles. The first-order chi connectivity index (χ1) is 8.93. The molecule has 0 N–H and O–H groups in total. The molecule has 5 heteroatoms. The molecule has 0 rings (SSSR count). The van der Waals surface area contributed by atoms with E-state index >= 15 is 0 Å². The SMILES string of the molecule is CC(C)CCSSCCOC(=O)CCC(=O)C(C)C. The van der Waals surface area contributed by atoms with Gasteiger partial charge in [-0.25, -0.2) is 0 Å². The Balaban J connectivity index is 3.37. The van der Waals surface area contributed by atoms with Gasteiger partial charge in [0, 0.05) is 23.8 Å². The Labute approximate surface area is 125 Å². The predicted octanol–water partition coefficient (Wildman–Crippen LogP) is 3.96. The van der Waals surface area contributed by atoms with Gasteiger partial charge in [-0.05, 0) is 12.3 Å². The number of hydrogen-bond acceptors (Lipinski definition) is 5. The molecule has 19 heavy (non-hydrogen) atoms. The van der Waals surface area contributed by atoms with Gasteiger partial charge >= 0.3 is 5.97 Å². The Bertz CT molecular complexity index is 265. The third kappa shape index (κ3) is 12.6. The fourth-order valence-electron chi connectivity index (χ4n) is 1.18. The monoisotopic (exact) mass is 306 g/mol. The fourth-order valence-corrected chi connectivity index (χ4v) is 3.33. The van der Waals surface area contributed by atoms with Gasteiger partial charge in [-0.3, -0.25) is 9.59 Å². The van der Waals surface area contributed by atoms with Crippen molar-refractivity contribution >= 4 is 33.3 Å². The molecule has 0 bridgehead atoms. The van der Waals surface area contributed by atoms with Crippen LogP contribution in [0.15, 0.2) is 0 Å². The van der Waals surface area contributed by atoms with Crippen LogP contribution in [0.25, 0.3) is 0 Å². The zero-order chi connectivity index (χ0) is 14.7. The van der Waals surface area contributed by atoms with Crippen molar-refractivity contribution in [2.45, 2.75) is 47.0 Å². The van der Waals surface area contributed by atoms with Crippen LogP contribution in [0, 0.1) is 11.8 Å². The van der Waals surface area contributed by atoms with E-state index in [-0.39, 0.29) is 24.1 Å². The van der Waals surface area contributed by atoms with E-state index in [2.05, 4.69) is 13.8 Å². The molecule has 0 radical (unpaired) electrons. The van der Waals surface area contributed by atoms with Gasteiger partial charge in [-0.2, -0.15) is 0 Å². The first kappa shape index (κ1) is 18.8. The third-order valence-corrected chi connectivity index (χ3v) is 4.91. The van der Waals surface area contributed by atoms with Crippen LogP contribution in [0.4, 0.5) is 0 Å². The van der Waals surface area contributed by atoms with Gasteiger partial charge in [0.15, 0.2) is 0 Å². The molecule has 112 valence electrons. The minimum absolute atomic E-state index is 0.000660. The van der Waals surface area contributed by atoms with Gasteiger partial charge in [-0.15, -0.1) is 0 Å². The maximum Gasteiger partial charge on any atom is 0.306 e. The van der Waals surface area contributed by atoms with E-state index in [9.17, 15) is 9.59 Å². The number of hydrogen-bond donors (Lipinski definition) is 0. The van der Waals surface area contributed by atoms with Gasteiger partial charge < -0.3 is 4.74 Å². The van der Waals surface area contributed by atoms with E-state index in [1.54, 1.807) is 10.8 Å². The van der Waals surface area contributed by atoms with Crippen molar-refractivity contribution in [3.63, 3.8) is 0 Å². The van der Waals surface area contributed by atoms with E-state index in [0.717, 1.165) is 17.4 Å². The van der Waals surface area contributed by atoms with Crippen molar-refractivity contribution in [2.75, 3.05) is 18.1 Å². The summed E-state index contributed by atoms with van der Waals surface area (Å²) in [5.74, 6) is 2.55. The number of ether oxygens (including phenoxy) is 1. The topological polar surface area (TPSA) is 43.4 Å². The van der Waals surface area contributed by atoms with Gasteiger partial charge in [0.25, 0.3) is 0 Å². The largest absolute Gasteiger partial charge is 0.465 e. The molecule has 3 nitrogen and oxygen atoms in total. The van der Waals surface area contributed by atoms with E-state index in [1.165, 1.54) is 6.42 Å². The van der Waals surface area contributed by atoms with Gasteiger partial charge in [0.2, 0.25) is 0 Å². The zero-order valence-electron chi connectivity index (χ0n) is 12.4. The highest BCUT2D eigenvalue weighted by atomic mass is 33.1. The molecule has 0 aliphatic rings. The van der Waals surface area contributed by atoms with Crippen LogP contribution in [0.3, 0.4) is 0 Å². The molecule has 0 saturated carbocycles. The standard InChI is InChI=1S/C14H26O3S2/c1-11(2)7-9-18-19-10-8-17-14(16)6-5-13(15)12(3)4/h11-12H,5-10H2,1-4H3. The number of carbonyl (C=O) groups is 2. The molecule has 0 aromatic heterocycles. The number of esters is 1. The zero-order valence-corrected chi connectivity index (χ0v) is 14.1. The molecule has 0 aromatic rings. The molecular formula is C14H26O3S2. The van der Waals surface area contributed by atoms with Gasteiger partial charge in [-0.1, -0.05) is 49.3 Å². The fraction of sp³-hybridized carbons (Fsp3) is 0.857. The van der Waals surface area contributed by atoms with Crippen LogP contribution in [0.2, 0.25) is 0 Å². The Morgan fingerprint density at radius 1 is 1.00 bits per heavy atom. The molecule has 0 atom stereocenters. The lowest BCUT2D eigenvalue weighted by Gasteiger charge is -2.06. The van der Waals surface area contributed by atoms with Crippen molar-refractivity contribution in [2.24, 2.45) is 11.8 Å². The van der Waals surface area contributed by atoms with Gasteiger partial charge in [0.05, 0.1) is 6.42 Å². The van der Waals surface area contributed by atoms with E-state index < -0.39 is 0 Å². The average molecular weight is 306 g/mol. The van der Waals surface area contributed by atoms with Gasteiger partial charge in [0.1, 0.15) is 12.4 Å². The van der Waals surface area contributed by atoms with Crippen LogP contribution >= 0.6 is 21.6 Å². The predicted molar refractivity (Wildman–Crippen MR) is 84.4 cm³/mol. The minimum Gasteiger partial charge on any atom is -0.465 e. The highest BCUT2D eigenvalue weighted by Crippen LogP contribution is 2.23. The quantitative estimate of drug-likeness (QED) is 0.328. The van der Waals surface area contributed by atoms with Crippen LogP contribution in [0.5, 0.6) is 0 Å². The smallest absolute Gasteiger partial charge is 0.306 e. The summed E-state index contributed by atoms with van der Waals surface area (Å²) in [7, 11) is 3.57. The summed E-state index contributed by atoms with van der Waals surface area (Å²) in [6, 6.07) is 0. The maximum absolute atomic E-state index is 11.4. The first-order valence-corrected chi connectivity index (χ1v) is 9.35. The summed E-state index contributed by atoms with van der Waals surface area (Å²) < 4.78 is 5.07. The summed E-state index contributed by atoms with van der Waals surface area (Å²) in [6.07, 6.45) is 1.73. The molecule has 0 fully saturated rings. The second kappa shape index (κ2) is 11.6. The maximum atomic E-state index is 11.4. The number of ketones is 1. The Kier molecular flexibility index (Phi) is 11.6. The molecule has 0 aliphatic heterocycles. The van der Waals surface area contributed by atoms with E-state index in [4.69, 9.17) is 4.74 Å². The second-order valence-corrected chi connectivity index (χ2v) is 7.87. The van der Waals surface area contributed by atoms with Crippen LogP contribution in [-0.2, 0) is 14.3 Å². The Hall–Kier alpha value is -0.160. The highest BCUT2D eigenvalue weighted by Gasteiger charge is 2.10. The second-order valence-electron chi connectivity index (χ2n) is 5.17. The van der Waals surface area contributed by atoms with Crippen molar-refractivity contribution in [3.8, 4) is 0 Å². The van der Waals surface area contributed by atoms with E-state index in [0.29, 0.717) is 13.0 Å². The lowest BCUT2D eigenvalue weighted by atomic mass is 10.1. The van der Waals surface area contributed by atoms with Crippen LogP contribution in [0.1, 0.15) is 47.0 Å².